The molecule has 4 atom stereocenters. The van der Waals surface area contributed by atoms with Crippen molar-refractivity contribution < 1.29 is 4.79 Å². The monoisotopic (exact) mass is 370 g/mol. The van der Waals surface area contributed by atoms with Crippen LogP contribution in [-0.4, -0.2) is 20.7 Å². The van der Waals surface area contributed by atoms with E-state index in [2.05, 4.69) is 15.4 Å². The number of anilines is 1. The lowest BCUT2D eigenvalue weighted by Gasteiger charge is -2.60. The van der Waals surface area contributed by atoms with Crippen LogP contribution in [0.4, 0.5) is 5.69 Å². The lowest BCUT2D eigenvalue weighted by Crippen LogP contribution is -2.60. The summed E-state index contributed by atoms with van der Waals surface area (Å²) < 4.78 is 1.96. The van der Waals surface area contributed by atoms with Crippen molar-refractivity contribution in [2.75, 3.05) is 5.32 Å². The number of nitrogens with one attached hydrogen (secondary N) is 1. The molecule has 1 aromatic heterocycles. The van der Waals surface area contributed by atoms with E-state index in [9.17, 15) is 4.79 Å². The maximum Gasteiger partial charge on any atom is 0.242 e. The quantitative estimate of drug-likeness (QED) is 0.881. The molecular weight excluding hydrogens is 348 g/mol. The highest BCUT2D eigenvalue weighted by atomic mass is 35.5. The number of hydrogen-bond donors (Lipinski definition) is 1. The van der Waals surface area contributed by atoms with Crippen LogP contribution >= 0.6 is 11.6 Å². The molecule has 0 saturated heterocycles. The number of benzene rings is 1. The number of rotatable bonds is 3. The number of aromatic nitrogens is 3. The molecule has 0 aliphatic heterocycles. The van der Waals surface area contributed by atoms with Gasteiger partial charge in [0.15, 0.2) is 0 Å². The van der Waals surface area contributed by atoms with Crippen LogP contribution in [0.25, 0.3) is 0 Å². The van der Waals surface area contributed by atoms with Crippen molar-refractivity contribution in [2.45, 2.75) is 51.0 Å². The zero-order valence-corrected chi connectivity index (χ0v) is 15.7. The lowest BCUT2D eigenvalue weighted by atomic mass is 9.46. The average molecular weight is 371 g/mol. The van der Waals surface area contributed by atoms with Gasteiger partial charge < -0.3 is 5.32 Å². The summed E-state index contributed by atoms with van der Waals surface area (Å²) in [6.07, 6.45) is 7.98. The number of hydrogen-bond acceptors (Lipinski definition) is 3. The molecule has 136 valence electrons. The molecule has 4 bridgehead atoms. The summed E-state index contributed by atoms with van der Waals surface area (Å²) in [6, 6.07) is 8.04. The van der Waals surface area contributed by atoms with Gasteiger partial charge in [-0.1, -0.05) is 12.1 Å². The molecule has 1 N–H and O–H groups in total. The molecule has 6 heteroatoms. The number of nitrogens with zero attached hydrogens (tertiary/aromatic N) is 3. The number of carbonyl (C=O) groups is 1. The van der Waals surface area contributed by atoms with E-state index in [1.165, 1.54) is 6.42 Å². The van der Waals surface area contributed by atoms with Gasteiger partial charge in [-0.05, 0) is 86.6 Å². The summed E-state index contributed by atoms with van der Waals surface area (Å²) in [5, 5.41) is 7.92. The Labute approximate surface area is 158 Å². The first-order chi connectivity index (χ1) is 12.5. The van der Waals surface area contributed by atoms with E-state index in [0.29, 0.717) is 17.1 Å². The van der Waals surface area contributed by atoms with Crippen molar-refractivity contribution in [1.82, 2.24) is 14.8 Å². The Kier molecular flexibility index (Phi) is 3.48. The van der Waals surface area contributed by atoms with E-state index in [1.807, 2.05) is 35.9 Å². The van der Waals surface area contributed by atoms with Crippen LogP contribution in [0, 0.1) is 24.2 Å². The largest absolute Gasteiger partial charge is 0.326 e. The summed E-state index contributed by atoms with van der Waals surface area (Å²) >= 11 is 6.00. The van der Waals surface area contributed by atoms with Gasteiger partial charge in [0.1, 0.15) is 6.33 Å². The summed E-state index contributed by atoms with van der Waals surface area (Å²) in [4.78, 5) is 17.5. The van der Waals surface area contributed by atoms with Crippen LogP contribution in [0.1, 0.15) is 44.1 Å². The van der Waals surface area contributed by atoms with Gasteiger partial charge in [-0.2, -0.15) is 0 Å². The number of aryl methyl sites for hydroxylation is 1. The van der Waals surface area contributed by atoms with Crippen molar-refractivity contribution in [3.8, 4) is 0 Å². The van der Waals surface area contributed by atoms with Crippen molar-refractivity contribution in [2.24, 2.45) is 17.3 Å². The zero-order chi connectivity index (χ0) is 17.9. The first-order valence-corrected chi connectivity index (χ1v) is 9.80. The normalized spacial score (nSPS) is 34.8. The topological polar surface area (TPSA) is 59.8 Å². The van der Waals surface area contributed by atoms with E-state index in [-0.39, 0.29) is 16.9 Å². The van der Waals surface area contributed by atoms with Crippen LogP contribution in [0.2, 0.25) is 5.28 Å². The maximum atomic E-state index is 13.4. The summed E-state index contributed by atoms with van der Waals surface area (Å²) in [5.74, 6) is 1.35. The fourth-order valence-corrected chi connectivity index (χ4v) is 6.33. The number of carbonyl (C=O) groups excluding carboxylic acids is 1. The van der Waals surface area contributed by atoms with Gasteiger partial charge >= 0.3 is 0 Å². The molecule has 4 fully saturated rings. The molecule has 1 amide bonds. The summed E-state index contributed by atoms with van der Waals surface area (Å²) in [7, 11) is 0. The van der Waals surface area contributed by atoms with Gasteiger partial charge in [0, 0.05) is 5.69 Å². The molecule has 1 heterocycles. The summed E-state index contributed by atoms with van der Waals surface area (Å²) in [6.45, 7) is 2.05. The van der Waals surface area contributed by atoms with Gasteiger partial charge in [0.05, 0.1) is 11.0 Å². The van der Waals surface area contributed by atoms with Crippen molar-refractivity contribution in [3.63, 3.8) is 0 Å². The van der Waals surface area contributed by atoms with E-state index in [1.54, 1.807) is 6.33 Å². The van der Waals surface area contributed by atoms with Crippen molar-refractivity contribution >= 4 is 23.2 Å². The summed E-state index contributed by atoms with van der Waals surface area (Å²) in [5.41, 5.74) is 1.64. The Morgan fingerprint density at radius 3 is 2.69 bits per heavy atom. The zero-order valence-electron chi connectivity index (χ0n) is 14.9. The van der Waals surface area contributed by atoms with E-state index in [0.717, 1.165) is 43.4 Å². The highest BCUT2D eigenvalue weighted by molar-refractivity contribution is 6.28. The standard InChI is InChI=1S/C20H23ClN4O/c1-13-3-2-4-16(5-13)23-17(26)19-7-14-6-15(8-19)10-20(9-14,11-19)25-12-22-18(21)24-25/h2-5,12,14-15H,6-11H2,1H3,(H,23,26)/t14-,15+,19?,20?. The highest BCUT2D eigenvalue weighted by Gasteiger charge is 2.61. The molecule has 4 aliphatic carbocycles. The van der Waals surface area contributed by atoms with Crippen LogP contribution in [-0.2, 0) is 10.3 Å². The maximum absolute atomic E-state index is 13.4. The highest BCUT2D eigenvalue weighted by Crippen LogP contribution is 2.64. The van der Waals surface area contributed by atoms with Crippen molar-refractivity contribution in [3.05, 3.63) is 41.4 Å². The molecule has 5 nitrogen and oxygen atoms in total. The minimum atomic E-state index is -0.299. The average Bonchev–Trinajstić information content (AvgIpc) is 3.01. The van der Waals surface area contributed by atoms with Gasteiger partial charge in [-0.25, -0.2) is 9.67 Å². The third-order valence-electron chi connectivity index (χ3n) is 6.74. The molecular formula is C20H23ClN4O. The molecule has 1 aromatic carbocycles. The van der Waals surface area contributed by atoms with E-state index < -0.39 is 0 Å². The molecule has 26 heavy (non-hydrogen) atoms. The molecule has 4 aliphatic rings. The molecule has 0 radical (unpaired) electrons. The van der Waals surface area contributed by atoms with Gasteiger partial charge in [0.2, 0.25) is 11.2 Å². The second kappa shape index (κ2) is 5.56. The molecule has 0 spiro atoms. The van der Waals surface area contributed by atoms with E-state index in [4.69, 9.17) is 11.6 Å². The number of halogens is 1. The predicted octanol–water partition coefficient (Wildman–Crippen LogP) is 4.17. The molecule has 6 rings (SSSR count). The smallest absolute Gasteiger partial charge is 0.242 e. The van der Waals surface area contributed by atoms with Crippen LogP contribution in [0.15, 0.2) is 30.6 Å². The minimum Gasteiger partial charge on any atom is -0.326 e. The van der Waals surface area contributed by atoms with Gasteiger partial charge in [-0.3, -0.25) is 4.79 Å². The Balaban J connectivity index is 1.47. The van der Waals surface area contributed by atoms with Crippen LogP contribution < -0.4 is 5.32 Å². The van der Waals surface area contributed by atoms with Gasteiger partial charge in [0.25, 0.3) is 0 Å². The Morgan fingerprint density at radius 1 is 1.27 bits per heavy atom. The first kappa shape index (κ1) is 16.3. The Bertz CT molecular complexity index is 862. The molecule has 2 aromatic rings. The Hall–Kier alpha value is -1.88. The van der Waals surface area contributed by atoms with Crippen LogP contribution in [0.3, 0.4) is 0 Å². The number of amides is 1. The van der Waals surface area contributed by atoms with Gasteiger partial charge in [-0.15, -0.1) is 5.10 Å². The fourth-order valence-electron chi connectivity index (χ4n) is 6.21. The fraction of sp³-hybridized carbons (Fsp3) is 0.550. The SMILES string of the molecule is Cc1cccc(NC(=O)C23C[C@H]4C[C@@H](C2)CC(n2cnc(Cl)n2)(C4)C3)c1. The van der Waals surface area contributed by atoms with Crippen LogP contribution in [0.5, 0.6) is 0 Å². The third kappa shape index (κ3) is 2.48. The second-order valence-corrected chi connectivity index (χ2v) is 9.09. The molecule has 4 saturated carbocycles. The third-order valence-corrected chi connectivity index (χ3v) is 6.91. The minimum absolute atomic E-state index is 0.103. The second-order valence-electron chi connectivity index (χ2n) is 8.75. The van der Waals surface area contributed by atoms with E-state index >= 15 is 0 Å². The predicted molar refractivity (Wildman–Crippen MR) is 99.9 cm³/mol. The Morgan fingerprint density at radius 2 is 2.04 bits per heavy atom. The first-order valence-electron chi connectivity index (χ1n) is 9.42. The van der Waals surface area contributed by atoms with Crippen molar-refractivity contribution in [1.29, 1.82) is 0 Å². The lowest BCUT2D eigenvalue weighted by molar-refractivity contribution is -0.150. The molecule has 2 unspecified atom stereocenters.